The first kappa shape index (κ1) is 18.2. The number of hydrogen-bond acceptors (Lipinski definition) is 4. The quantitative estimate of drug-likeness (QED) is 0.865. The van der Waals surface area contributed by atoms with E-state index in [4.69, 9.17) is 4.74 Å². The first-order chi connectivity index (χ1) is 11.8. The van der Waals surface area contributed by atoms with Crippen LogP contribution in [0.5, 0.6) is 5.75 Å². The van der Waals surface area contributed by atoms with Crippen molar-refractivity contribution in [3.63, 3.8) is 0 Å². The molecule has 1 saturated carbocycles. The van der Waals surface area contributed by atoms with E-state index in [9.17, 15) is 18.3 Å². The zero-order chi connectivity index (χ0) is 18.4. The van der Waals surface area contributed by atoms with Crippen LogP contribution in [0.2, 0.25) is 0 Å². The van der Waals surface area contributed by atoms with Crippen molar-refractivity contribution in [2.24, 2.45) is 11.8 Å². The molecule has 2 atom stereocenters. The predicted molar refractivity (Wildman–Crippen MR) is 93.2 cm³/mol. The van der Waals surface area contributed by atoms with Crippen molar-refractivity contribution in [1.29, 1.82) is 0 Å². The molecule has 0 aromatic heterocycles. The molecule has 1 aromatic rings. The predicted octanol–water partition coefficient (Wildman–Crippen LogP) is 2.58. The smallest absolute Gasteiger partial charge is 0.306 e. The number of sulfonamides is 1. The van der Waals surface area contributed by atoms with Crippen LogP contribution in [-0.4, -0.2) is 43.5 Å². The van der Waals surface area contributed by atoms with E-state index in [2.05, 4.69) is 0 Å². The Morgan fingerprint density at radius 2 is 1.88 bits per heavy atom. The average molecular weight is 367 g/mol. The fourth-order valence-electron chi connectivity index (χ4n) is 3.79. The van der Waals surface area contributed by atoms with Crippen molar-refractivity contribution >= 4 is 16.0 Å². The fourth-order valence-corrected chi connectivity index (χ4v) is 5.80. The number of hydrogen-bond donors (Lipinski definition) is 1. The zero-order valence-corrected chi connectivity index (χ0v) is 15.7. The zero-order valence-electron chi connectivity index (χ0n) is 14.9. The third kappa shape index (κ3) is 3.40. The van der Waals surface area contributed by atoms with E-state index in [0.29, 0.717) is 29.1 Å². The van der Waals surface area contributed by atoms with Gasteiger partial charge in [0.2, 0.25) is 10.0 Å². The van der Waals surface area contributed by atoms with E-state index in [1.807, 2.05) is 6.92 Å². The number of aryl methyl sites for hydroxylation is 2. The molecule has 2 unspecified atom stereocenters. The van der Waals surface area contributed by atoms with Gasteiger partial charge < -0.3 is 9.84 Å². The molecule has 1 N–H and O–H groups in total. The summed E-state index contributed by atoms with van der Waals surface area (Å²) < 4.78 is 33.5. The molecule has 0 spiro atoms. The highest BCUT2D eigenvalue weighted by atomic mass is 32.2. The van der Waals surface area contributed by atoms with Gasteiger partial charge in [0.15, 0.2) is 0 Å². The van der Waals surface area contributed by atoms with Gasteiger partial charge in [0.05, 0.1) is 17.9 Å². The maximum atomic E-state index is 13.3. The maximum absolute atomic E-state index is 13.3. The van der Waals surface area contributed by atoms with Gasteiger partial charge in [0.25, 0.3) is 0 Å². The maximum Gasteiger partial charge on any atom is 0.306 e. The summed E-state index contributed by atoms with van der Waals surface area (Å²) in [6.45, 7) is 3.86. The van der Waals surface area contributed by atoms with Crippen LogP contribution in [0.4, 0.5) is 0 Å². The monoisotopic (exact) mass is 367 g/mol. The third-order valence-electron chi connectivity index (χ3n) is 5.39. The number of piperidine rings is 1. The minimum atomic E-state index is -3.66. The van der Waals surface area contributed by atoms with Gasteiger partial charge in [-0.1, -0.05) is 0 Å². The van der Waals surface area contributed by atoms with Crippen LogP contribution in [0.15, 0.2) is 17.0 Å². The Hall–Kier alpha value is -1.60. The van der Waals surface area contributed by atoms with E-state index in [1.54, 1.807) is 30.5 Å². The van der Waals surface area contributed by atoms with Gasteiger partial charge in [0.1, 0.15) is 5.75 Å². The molecule has 25 heavy (non-hydrogen) atoms. The molecule has 2 aliphatic rings. The SMILES string of the molecule is COc1cc(C)c(S(=O)(=O)N2CCC(C(=O)O)CC2C2CC2)cc1C. The number of benzene rings is 1. The number of methoxy groups -OCH3 is 1. The van der Waals surface area contributed by atoms with Crippen LogP contribution >= 0.6 is 0 Å². The Bertz CT molecular complexity index is 785. The van der Waals surface area contributed by atoms with E-state index in [0.717, 1.165) is 18.4 Å². The van der Waals surface area contributed by atoms with Crippen molar-refractivity contribution in [1.82, 2.24) is 4.31 Å². The second-order valence-corrected chi connectivity index (χ2v) is 9.03. The first-order valence-electron chi connectivity index (χ1n) is 8.65. The molecule has 6 nitrogen and oxygen atoms in total. The summed E-state index contributed by atoms with van der Waals surface area (Å²) in [7, 11) is -2.09. The number of aliphatic carboxylic acids is 1. The van der Waals surface area contributed by atoms with Crippen LogP contribution in [-0.2, 0) is 14.8 Å². The summed E-state index contributed by atoms with van der Waals surface area (Å²) in [5, 5.41) is 9.32. The molecular formula is C18H25NO5S. The topological polar surface area (TPSA) is 83.9 Å². The largest absolute Gasteiger partial charge is 0.496 e. The molecule has 0 bridgehead atoms. The fraction of sp³-hybridized carbons (Fsp3) is 0.611. The lowest BCUT2D eigenvalue weighted by molar-refractivity contribution is -0.143. The van der Waals surface area contributed by atoms with Crippen LogP contribution < -0.4 is 4.74 Å². The Balaban J connectivity index is 1.96. The van der Waals surface area contributed by atoms with Crippen molar-refractivity contribution in [2.45, 2.75) is 50.5 Å². The van der Waals surface area contributed by atoms with Crippen molar-refractivity contribution in [3.05, 3.63) is 23.3 Å². The molecule has 138 valence electrons. The molecular weight excluding hydrogens is 342 g/mol. The lowest BCUT2D eigenvalue weighted by Crippen LogP contribution is -2.48. The Labute approximate surface area is 148 Å². The molecule has 0 amide bonds. The molecule has 3 rings (SSSR count). The summed E-state index contributed by atoms with van der Waals surface area (Å²) in [6.07, 6.45) is 2.73. The second-order valence-electron chi connectivity index (χ2n) is 7.17. The summed E-state index contributed by atoms with van der Waals surface area (Å²) in [4.78, 5) is 11.7. The molecule has 1 aliphatic carbocycles. The Kier molecular flexibility index (Phi) is 4.81. The van der Waals surface area contributed by atoms with E-state index in [1.165, 1.54) is 0 Å². The molecule has 1 saturated heterocycles. The highest BCUT2D eigenvalue weighted by molar-refractivity contribution is 7.89. The second kappa shape index (κ2) is 6.61. The lowest BCUT2D eigenvalue weighted by Gasteiger charge is -2.37. The molecule has 1 aromatic carbocycles. The number of carboxylic acids is 1. The van der Waals surface area contributed by atoms with E-state index in [-0.39, 0.29) is 18.5 Å². The molecule has 0 radical (unpaired) electrons. The van der Waals surface area contributed by atoms with Gasteiger partial charge >= 0.3 is 5.97 Å². The van der Waals surface area contributed by atoms with Gasteiger partial charge in [0, 0.05) is 12.6 Å². The minimum absolute atomic E-state index is 0.207. The van der Waals surface area contributed by atoms with E-state index < -0.39 is 21.9 Å². The van der Waals surface area contributed by atoms with Crippen LogP contribution in [0.3, 0.4) is 0 Å². The van der Waals surface area contributed by atoms with Crippen molar-refractivity contribution in [2.75, 3.05) is 13.7 Å². The lowest BCUT2D eigenvalue weighted by atomic mass is 9.90. The number of ether oxygens (including phenoxy) is 1. The van der Waals surface area contributed by atoms with Crippen LogP contribution in [0, 0.1) is 25.7 Å². The molecule has 7 heteroatoms. The molecule has 1 heterocycles. The third-order valence-corrected chi connectivity index (χ3v) is 7.45. The summed E-state index contributed by atoms with van der Waals surface area (Å²) in [6, 6.07) is 3.20. The summed E-state index contributed by atoms with van der Waals surface area (Å²) >= 11 is 0. The van der Waals surface area contributed by atoms with E-state index >= 15 is 0 Å². The molecule has 1 aliphatic heterocycles. The number of carboxylic acid groups (broad SMARTS) is 1. The summed E-state index contributed by atoms with van der Waals surface area (Å²) in [5.74, 6) is -0.314. The average Bonchev–Trinajstić information content (AvgIpc) is 3.40. The highest BCUT2D eigenvalue weighted by Gasteiger charge is 2.46. The van der Waals surface area contributed by atoms with Crippen LogP contribution in [0.25, 0.3) is 0 Å². The van der Waals surface area contributed by atoms with Crippen LogP contribution in [0.1, 0.15) is 36.8 Å². The Morgan fingerprint density at radius 1 is 1.20 bits per heavy atom. The number of carbonyl (C=O) groups is 1. The normalized spacial score (nSPS) is 24.9. The summed E-state index contributed by atoms with van der Waals surface area (Å²) in [5.41, 5.74) is 1.42. The Morgan fingerprint density at radius 3 is 2.44 bits per heavy atom. The molecule has 2 fully saturated rings. The van der Waals surface area contributed by atoms with Gasteiger partial charge in [-0.15, -0.1) is 0 Å². The van der Waals surface area contributed by atoms with Crippen molar-refractivity contribution < 1.29 is 23.1 Å². The van der Waals surface area contributed by atoms with Gasteiger partial charge in [-0.25, -0.2) is 8.42 Å². The number of rotatable bonds is 5. The minimum Gasteiger partial charge on any atom is -0.496 e. The van der Waals surface area contributed by atoms with Gasteiger partial charge in [-0.05, 0) is 68.7 Å². The highest BCUT2D eigenvalue weighted by Crippen LogP contribution is 2.43. The number of nitrogens with zero attached hydrogens (tertiary/aromatic N) is 1. The standard InChI is InChI=1S/C18H25NO5S/c1-11-9-17(12(2)8-16(11)24-3)25(22,23)19-7-6-14(18(20)21)10-15(19)13-4-5-13/h8-9,13-15H,4-7,10H2,1-3H3,(H,20,21). The van der Waals surface area contributed by atoms with Crippen molar-refractivity contribution in [3.8, 4) is 5.75 Å². The van der Waals surface area contributed by atoms with Gasteiger partial charge in [-0.3, -0.25) is 4.79 Å². The van der Waals surface area contributed by atoms with Gasteiger partial charge in [-0.2, -0.15) is 4.31 Å². The first-order valence-corrected chi connectivity index (χ1v) is 10.1.